The van der Waals surface area contributed by atoms with Gasteiger partial charge in [0.1, 0.15) is 0 Å². The summed E-state index contributed by atoms with van der Waals surface area (Å²) in [6.45, 7) is 11.9. The fourth-order valence-electron chi connectivity index (χ4n) is 2.63. The SMILES string of the molecule is CCNC(=NCCN(C)C1CC1)N1CCSC(C)(C)C1.I. The Hall–Kier alpha value is 0.310. The van der Waals surface area contributed by atoms with E-state index in [2.05, 4.69) is 54.7 Å². The standard InChI is InChI=1S/C15H30N4S.HI/c1-5-16-14(17-8-9-18(4)13-6-7-13)19-10-11-20-15(2,3)12-19;/h13H,5-12H2,1-4H3,(H,16,17);1H. The molecule has 1 heterocycles. The molecule has 2 fully saturated rings. The van der Waals surface area contributed by atoms with Crippen LogP contribution in [0, 0.1) is 0 Å². The Balaban J connectivity index is 0.00000220. The molecule has 2 aliphatic rings. The number of likely N-dealkylation sites (N-methyl/N-ethyl adjacent to an activating group) is 1. The number of thioether (sulfide) groups is 1. The summed E-state index contributed by atoms with van der Waals surface area (Å²) < 4.78 is 0.333. The molecule has 4 nitrogen and oxygen atoms in total. The first-order valence-corrected chi connectivity index (χ1v) is 8.88. The number of nitrogens with one attached hydrogen (secondary N) is 1. The molecule has 1 saturated carbocycles. The van der Waals surface area contributed by atoms with Crippen LogP contribution in [0.4, 0.5) is 0 Å². The van der Waals surface area contributed by atoms with E-state index in [-0.39, 0.29) is 24.0 Å². The van der Waals surface area contributed by atoms with Crippen LogP contribution < -0.4 is 5.32 Å². The quantitative estimate of drug-likeness (QED) is 0.416. The lowest BCUT2D eigenvalue weighted by Crippen LogP contribution is -2.51. The van der Waals surface area contributed by atoms with E-state index in [4.69, 9.17) is 4.99 Å². The topological polar surface area (TPSA) is 30.9 Å². The average Bonchev–Trinajstić information content (AvgIpc) is 3.20. The highest BCUT2D eigenvalue weighted by Crippen LogP contribution is 2.29. The third kappa shape index (κ3) is 6.52. The van der Waals surface area contributed by atoms with Crippen molar-refractivity contribution < 1.29 is 0 Å². The van der Waals surface area contributed by atoms with Gasteiger partial charge in [0, 0.05) is 42.7 Å². The monoisotopic (exact) mass is 426 g/mol. The molecule has 1 N–H and O–H groups in total. The third-order valence-corrected chi connectivity index (χ3v) is 5.24. The van der Waals surface area contributed by atoms with E-state index in [0.29, 0.717) is 4.75 Å². The van der Waals surface area contributed by atoms with Crippen LogP contribution in [-0.2, 0) is 0 Å². The van der Waals surface area contributed by atoms with Crippen LogP contribution in [-0.4, -0.2) is 72.1 Å². The highest BCUT2D eigenvalue weighted by atomic mass is 127. The van der Waals surface area contributed by atoms with E-state index < -0.39 is 0 Å². The van der Waals surface area contributed by atoms with Crippen LogP contribution >= 0.6 is 35.7 Å². The van der Waals surface area contributed by atoms with Crippen molar-refractivity contribution >= 4 is 41.7 Å². The molecule has 1 aliphatic heterocycles. The normalized spacial score (nSPS) is 22.1. The summed E-state index contributed by atoms with van der Waals surface area (Å²) in [4.78, 5) is 9.71. The molecular formula is C15H31IN4S. The summed E-state index contributed by atoms with van der Waals surface area (Å²) in [5, 5.41) is 3.46. The van der Waals surface area contributed by atoms with E-state index in [9.17, 15) is 0 Å². The molecule has 0 aromatic rings. The zero-order valence-electron chi connectivity index (χ0n) is 13.9. The van der Waals surface area contributed by atoms with Crippen LogP contribution in [0.1, 0.15) is 33.6 Å². The highest BCUT2D eigenvalue weighted by molar-refractivity contribution is 14.0. The van der Waals surface area contributed by atoms with Crippen molar-refractivity contribution in [3.63, 3.8) is 0 Å². The third-order valence-electron chi connectivity index (χ3n) is 3.94. The lowest BCUT2D eigenvalue weighted by atomic mass is 10.2. The minimum Gasteiger partial charge on any atom is -0.357 e. The lowest BCUT2D eigenvalue weighted by Gasteiger charge is -2.39. The minimum atomic E-state index is 0. The van der Waals surface area contributed by atoms with Gasteiger partial charge in [-0.05, 0) is 40.7 Å². The summed E-state index contributed by atoms with van der Waals surface area (Å²) in [5.41, 5.74) is 0. The molecule has 0 spiro atoms. The molecule has 21 heavy (non-hydrogen) atoms. The number of aliphatic imine (C=N–C) groups is 1. The van der Waals surface area contributed by atoms with Gasteiger partial charge in [-0.3, -0.25) is 4.99 Å². The zero-order valence-corrected chi connectivity index (χ0v) is 17.0. The number of rotatable bonds is 5. The fourth-order valence-corrected chi connectivity index (χ4v) is 3.75. The average molecular weight is 426 g/mol. The first kappa shape index (κ1) is 19.4. The smallest absolute Gasteiger partial charge is 0.194 e. The van der Waals surface area contributed by atoms with Gasteiger partial charge in [0.25, 0.3) is 0 Å². The minimum absolute atomic E-state index is 0. The molecule has 0 amide bonds. The lowest BCUT2D eigenvalue weighted by molar-refractivity contribution is 0.331. The summed E-state index contributed by atoms with van der Waals surface area (Å²) in [6.07, 6.45) is 2.75. The Morgan fingerprint density at radius 3 is 2.71 bits per heavy atom. The van der Waals surface area contributed by atoms with Gasteiger partial charge < -0.3 is 15.1 Å². The van der Waals surface area contributed by atoms with Gasteiger partial charge in [-0.15, -0.1) is 24.0 Å². The predicted molar refractivity (Wildman–Crippen MR) is 105 cm³/mol. The van der Waals surface area contributed by atoms with Crippen LogP contribution in [0.3, 0.4) is 0 Å². The second-order valence-electron chi connectivity index (χ2n) is 6.48. The Labute approximate surface area is 151 Å². The van der Waals surface area contributed by atoms with Crippen molar-refractivity contribution in [2.75, 3.05) is 45.5 Å². The Kier molecular flexibility index (Phi) is 8.13. The summed E-state index contributed by atoms with van der Waals surface area (Å²) >= 11 is 2.07. The maximum absolute atomic E-state index is 4.83. The second kappa shape index (κ2) is 8.82. The molecule has 1 saturated heterocycles. The van der Waals surface area contributed by atoms with E-state index in [1.165, 1.54) is 18.6 Å². The van der Waals surface area contributed by atoms with Crippen molar-refractivity contribution in [3.05, 3.63) is 0 Å². The molecule has 124 valence electrons. The van der Waals surface area contributed by atoms with Crippen LogP contribution in [0.25, 0.3) is 0 Å². The van der Waals surface area contributed by atoms with Crippen LogP contribution in [0.15, 0.2) is 4.99 Å². The Morgan fingerprint density at radius 2 is 2.14 bits per heavy atom. The van der Waals surface area contributed by atoms with E-state index >= 15 is 0 Å². The number of hydrogen-bond donors (Lipinski definition) is 1. The first-order chi connectivity index (χ1) is 9.52. The molecular weight excluding hydrogens is 395 g/mol. The largest absolute Gasteiger partial charge is 0.357 e. The Bertz CT molecular complexity index is 345. The van der Waals surface area contributed by atoms with E-state index in [0.717, 1.165) is 44.7 Å². The molecule has 0 aromatic carbocycles. The summed E-state index contributed by atoms with van der Waals surface area (Å²) in [6, 6.07) is 0.832. The molecule has 0 atom stereocenters. The highest BCUT2D eigenvalue weighted by Gasteiger charge is 2.29. The molecule has 6 heteroatoms. The molecule has 0 bridgehead atoms. The van der Waals surface area contributed by atoms with Crippen LogP contribution in [0.2, 0.25) is 0 Å². The maximum atomic E-state index is 4.83. The molecule has 0 unspecified atom stereocenters. The van der Waals surface area contributed by atoms with Gasteiger partial charge >= 0.3 is 0 Å². The fraction of sp³-hybridized carbons (Fsp3) is 0.933. The first-order valence-electron chi connectivity index (χ1n) is 7.89. The van der Waals surface area contributed by atoms with E-state index in [1.54, 1.807) is 0 Å². The van der Waals surface area contributed by atoms with Crippen molar-refractivity contribution in [1.82, 2.24) is 15.1 Å². The van der Waals surface area contributed by atoms with Crippen molar-refractivity contribution in [1.29, 1.82) is 0 Å². The van der Waals surface area contributed by atoms with E-state index in [1.807, 2.05) is 0 Å². The molecule has 1 aliphatic carbocycles. The molecule has 0 radical (unpaired) electrons. The second-order valence-corrected chi connectivity index (χ2v) is 8.28. The van der Waals surface area contributed by atoms with Crippen molar-refractivity contribution in [2.45, 2.75) is 44.4 Å². The van der Waals surface area contributed by atoms with Gasteiger partial charge in [0.2, 0.25) is 0 Å². The maximum Gasteiger partial charge on any atom is 0.194 e. The number of hydrogen-bond acceptors (Lipinski definition) is 3. The van der Waals surface area contributed by atoms with Gasteiger partial charge in [-0.25, -0.2) is 0 Å². The van der Waals surface area contributed by atoms with Crippen molar-refractivity contribution in [3.8, 4) is 0 Å². The van der Waals surface area contributed by atoms with Gasteiger partial charge in [-0.2, -0.15) is 11.8 Å². The van der Waals surface area contributed by atoms with Gasteiger partial charge in [-0.1, -0.05) is 0 Å². The molecule has 0 aromatic heterocycles. The Morgan fingerprint density at radius 1 is 1.43 bits per heavy atom. The zero-order chi connectivity index (χ0) is 14.6. The number of nitrogens with zero attached hydrogens (tertiary/aromatic N) is 3. The van der Waals surface area contributed by atoms with Gasteiger partial charge in [0.15, 0.2) is 5.96 Å². The summed E-state index contributed by atoms with van der Waals surface area (Å²) in [5.74, 6) is 2.30. The van der Waals surface area contributed by atoms with Gasteiger partial charge in [0.05, 0.1) is 6.54 Å². The molecule has 2 rings (SSSR count). The number of halogens is 1. The van der Waals surface area contributed by atoms with Crippen LogP contribution in [0.5, 0.6) is 0 Å². The summed E-state index contributed by atoms with van der Waals surface area (Å²) in [7, 11) is 2.22. The number of guanidine groups is 1. The van der Waals surface area contributed by atoms with Crippen molar-refractivity contribution in [2.24, 2.45) is 4.99 Å². The predicted octanol–water partition coefficient (Wildman–Crippen LogP) is 2.49.